The highest BCUT2D eigenvalue weighted by Gasteiger charge is 2.52. The van der Waals surface area contributed by atoms with E-state index >= 15 is 0 Å². The maximum absolute atomic E-state index is 7.34. The summed E-state index contributed by atoms with van der Waals surface area (Å²) in [5, 5.41) is 0. The zero-order valence-corrected chi connectivity index (χ0v) is 33.4. The second-order valence-corrected chi connectivity index (χ2v) is 17.1. The average Bonchev–Trinajstić information content (AvgIpc) is 3.33. The number of hydrogen-bond acceptors (Lipinski definition) is 5. The van der Waals surface area contributed by atoms with Crippen LogP contribution in [0.15, 0.2) is 194 Å². The van der Waals surface area contributed by atoms with Gasteiger partial charge in [0.1, 0.15) is 23.0 Å². The lowest BCUT2D eigenvalue weighted by Gasteiger charge is -2.49. The summed E-state index contributed by atoms with van der Waals surface area (Å²) >= 11 is 0. The Morgan fingerprint density at radius 2 is 0.710 bits per heavy atom. The molecule has 0 unspecified atom stereocenters. The van der Waals surface area contributed by atoms with E-state index in [9.17, 15) is 0 Å². The molecule has 0 amide bonds. The average molecular weight is 787 g/mol. The smallest absolute Gasteiger partial charge is 0.256 e. The molecule has 284 valence electrons. The molecule has 0 fully saturated rings. The molecule has 0 radical (unpaired) electrons. The molecular weight excluding hydrogens is 755 g/mol. The Kier molecular flexibility index (Phi) is 6.34. The summed E-state index contributed by atoms with van der Waals surface area (Å²) in [5.74, 6) is 3.44. The Bertz CT molecular complexity index is 3420. The molecule has 0 aliphatic carbocycles. The van der Waals surface area contributed by atoms with Crippen molar-refractivity contribution in [3.8, 4) is 23.0 Å². The molecule has 0 bridgehead atoms. The van der Waals surface area contributed by atoms with Gasteiger partial charge < -0.3 is 24.2 Å². The van der Waals surface area contributed by atoms with Crippen LogP contribution in [-0.4, -0.2) is 20.1 Å². The highest BCUT2D eigenvalue weighted by atomic mass is 16.5. The van der Waals surface area contributed by atoms with E-state index in [0.717, 1.165) is 51.2 Å². The minimum absolute atomic E-state index is 0.0304. The fraction of sp³-hybridized carbons (Fsp3) is 0. The predicted octanol–water partition coefficient (Wildman–Crippen LogP) is 7.11. The lowest BCUT2D eigenvalue weighted by Crippen LogP contribution is -2.68. The summed E-state index contributed by atoms with van der Waals surface area (Å²) in [6.07, 6.45) is 0. The van der Waals surface area contributed by atoms with Gasteiger partial charge in [0, 0.05) is 63.3 Å². The minimum atomic E-state index is -0.0728. The number of hydrogen-bond donors (Lipinski definition) is 0. The van der Waals surface area contributed by atoms with E-state index < -0.39 is 0 Å². The van der Waals surface area contributed by atoms with Gasteiger partial charge in [0.2, 0.25) is 0 Å². The number of para-hydroxylation sites is 6. The second-order valence-electron chi connectivity index (χ2n) is 17.1. The van der Waals surface area contributed by atoms with Crippen LogP contribution in [0.3, 0.4) is 0 Å². The third-order valence-electron chi connectivity index (χ3n) is 14.1. The summed E-state index contributed by atoms with van der Waals surface area (Å²) in [6, 6.07) is 70.8. The van der Waals surface area contributed by atoms with Crippen molar-refractivity contribution in [3.63, 3.8) is 0 Å². The number of benzene rings is 9. The fourth-order valence-corrected chi connectivity index (χ4v) is 11.8. The highest BCUT2D eigenvalue weighted by molar-refractivity contribution is 7.05. The molecule has 6 aliphatic rings. The van der Waals surface area contributed by atoms with Crippen molar-refractivity contribution >= 4 is 120 Å². The maximum atomic E-state index is 7.34. The quantitative estimate of drug-likeness (QED) is 0.175. The molecule has 0 N–H and O–H groups in total. The topological polar surface area (TPSA) is 28.2 Å². The molecule has 9 aromatic carbocycles. The van der Waals surface area contributed by atoms with Gasteiger partial charge in [-0.3, -0.25) is 0 Å². The standard InChI is InChI=1S/C54H32B3N3O2/c1-3-16-33(17-4-1)58-41-24-11-8-21-36(41)56-39-30-40-49(32-48(39)61-47-29-15-28-45(58)51(47)56)62-50-31-46-52-54-53(50)57(40)38-23-10-14-27-44(38)60(54)43-26-13-9-22-37(43)55(52)35-20-7-12-25-42(35)59(46)34-18-5-2-6-19-34/h1-32H. The van der Waals surface area contributed by atoms with E-state index in [4.69, 9.17) is 9.47 Å². The first kappa shape index (κ1) is 33.0. The van der Waals surface area contributed by atoms with E-state index in [-0.39, 0.29) is 20.1 Å². The van der Waals surface area contributed by atoms with E-state index in [1.54, 1.807) is 0 Å². The molecule has 15 rings (SSSR count). The van der Waals surface area contributed by atoms with Crippen LogP contribution >= 0.6 is 0 Å². The monoisotopic (exact) mass is 787 g/mol. The molecule has 0 saturated carbocycles. The minimum Gasteiger partial charge on any atom is -0.458 e. The summed E-state index contributed by atoms with van der Waals surface area (Å²) in [4.78, 5) is 7.38. The largest absolute Gasteiger partial charge is 0.458 e. The van der Waals surface area contributed by atoms with Gasteiger partial charge in [0.25, 0.3) is 20.1 Å². The third-order valence-corrected chi connectivity index (χ3v) is 14.1. The Morgan fingerprint density at radius 1 is 0.274 bits per heavy atom. The van der Waals surface area contributed by atoms with Gasteiger partial charge in [-0.2, -0.15) is 0 Å². The molecule has 9 aromatic rings. The van der Waals surface area contributed by atoms with Crippen molar-refractivity contribution in [2.75, 3.05) is 14.7 Å². The SMILES string of the molecule is c1ccc(N2c3ccccc3B3c4cc5c(cc4Oc4cccc2c43)Oc2cc3c4c6c2B5c2ccccc2N6c2ccccc2B4c2ccccc2N3c2ccccc2)cc1. The van der Waals surface area contributed by atoms with E-state index in [2.05, 4.69) is 209 Å². The zero-order valence-electron chi connectivity index (χ0n) is 33.4. The molecular formula is C54H32B3N3O2. The summed E-state index contributed by atoms with van der Waals surface area (Å²) < 4.78 is 14.4. The van der Waals surface area contributed by atoms with Gasteiger partial charge in [0.15, 0.2) is 0 Å². The lowest BCUT2D eigenvalue weighted by atomic mass is 9.28. The van der Waals surface area contributed by atoms with Crippen LogP contribution in [-0.2, 0) is 0 Å². The first-order valence-corrected chi connectivity index (χ1v) is 21.5. The van der Waals surface area contributed by atoms with Gasteiger partial charge >= 0.3 is 0 Å². The summed E-state index contributed by atoms with van der Waals surface area (Å²) in [7, 11) is 0. The van der Waals surface area contributed by atoms with Crippen molar-refractivity contribution in [2.24, 2.45) is 0 Å². The van der Waals surface area contributed by atoms with Crippen LogP contribution in [0.1, 0.15) is 0 Å². The predicted molar refractivity (Wildman–Crippen MR) is 257 cm³/mol. The zero-order chi connectivity index (χ0) is 40.2. The van der Waals surface area contributed by atoms with Crippen LogP contribution in [0.25, 0.3) is 0 Å². The van der Waals surface area contributed by atoms with Crippen LogP contribution in [0.5, 0.6) is 23.0 Å². The molecule has 62 heavy (non-hydrogen) atoms. The maximum Gasteiger partial charge on any atom is 0.256 e. The fourth-order valence-electron chi connectivity index (χ4n) is 11.8. The second kappa shape index (κ2) is 11.9. The normalized spacial score (nSPS) is 14.5. The van der Waals surface area contributed by atoms with Gasteiger partial charge in [-0.1, -0.05) is 121 Å². The molecule has 0 saturated heterocycles. The van der Waals surface area contributed by atoms with Crippen molar-refractivity contribution in [1.29, 1.82) is 0 Å². The Labute approximate surface area is 360 Å². The molecule has 0 spiro atoms. The first-order valence-electron chi connectivity index (χ1n) is 21.5. The van der Waals surface area contributed by atoms with Crippen LogP contribution < -0.4 is 73.3 Å². The summed E-state index contributed by atoms with van der Waals surface area (Å²) in [5.41, 5.74) is 21.8. The lowest BCUT2D eigenvalue weighted by molar-refractivity contribution is 0.466. The molecule has 5 nitrogen and oxygen atoms in total. The van der Waals surface area contributed by atoms with Crippen molar-refractivity contribution in [3.05, 3.63) is 194 Å². The molecule has 6 aliphatic heterocycles. The van der Waals surface area contributed by atoms with E-state index in [1.807, 2.05) is 0 Å². The van der Waals surface area contributed by atoms with Gasteiger partial charge in [0.05, 0.1) is 0 Å². The van der Waals surface area contributed by atoms with E-state index in [0.29, 0.717) is 0 Å². The van der Waals surface area contributed by atoms with E-state index in [1.165, 1.54) is 72.1 Å². The molecule has 0 aromatic heterocycles. The Balaban J connectivity index is 1.00. The van der Waals surface area contributed by atoms with Crippen molar-refractivity contribution in [2.45, 2.75) is 0 Å². The van der Waals surface area contributed by atoms with Crippen LogP contribution in [0, 0.1) is 0 Å². The first-order chi connectivity index (χ1) is 30.8. The van der Waals surface area contributed by atoms with Crippen molar-refractivity contribution < 1.29 is 9.47 Å². The third kappa shape index (κ3) is 4.12. The van der Waals surface area contributed by atoms with Crippen molar-refractivity contribution in [1.82, 2.24) is 0 Å². The number of ether oxygens (including phenoxy) is 2. The Hall–Kier alpha value is -7.83. The number of nitrogens with zero attached hydrogens (tertiary/aromatic N) is 3. The van der Waals surface area contributed by atoms with Crippen LogP contribution in [0.4, 0.5) is 51.2 Å². The van der Waals surface area contributed by atoms with Crippen LogP contribution in [0.2, 0.25) is 0 Å². The van der Waals surface area contributed by atoms with Gasteiger partial charge in [-0.15, -0.1) is 0 Å². The highest BCUT2D eigenvalue weighted by Crippen LogP contribution is 2.48. The number of fused-ring (bicyclic) bond motifs is 14. The number of anilines is 9. The van der Waals surface area contributed by atoms with Gasteiger partial charge in [-0.05, 0) is 110 Å². The molecule has 0 atom stereocenters. The molecule has 8 heteroatoms. The van der Waals surface area contributed by atoms with Gasteiger partial charge in [-0.25, -0.2) is 0 Å². The molecule has 6 heterocycles. The summed E-state index contributed by atoms with van der Waals surface area (Å²) in [6.45, 7) is -0.0621. The Morgan fingerprint density at radius 3 is 1.27 bits per heavy atom. The number of rotatable bonds is 2.